The molecule has 3 aromatic rings. The van der Waals surface area contributed by atoms with Gasteiger partial charge < -0.3 is 16.4 Å². The lowest BCUT2D eigenvalue weighted by Gasteiger charge is -2.27. The van der Waals surface area contributed by atoms with Crippen molar-refractivity contribution in [1.29, 1.82) is 0 Å². The summed E-state index contributed by atoms with van der Waals surface area (Å²) in [5, 5.41) is 5.25. The van der Waals surface area contributed by atoms with Crippen LogP contribution >= 0.6 is 0 Å². The molecule has 0 heterocycles. The monoisotopic (exact) mass is 401 g/mol. The standard InChI is InChI=1S/C24H23N3O3/c25-23(29)22(27-20(28)16-26-24(30)19-14-8-3-9-15-19)21(17-10-4-1-5-11-17)18-12-6-2-7-13-18/h1-15,21-22H,16H2,(H2,25,29)(H,26,30)(H,27,28)/t22-/m0/s1. The first-order valence-electron chi connectivity index (χ1n) is 9.58. The van der Waals surface area contributed by atoms with Crippen molar-refractivity contribution in [3.63, 3.8) is 0 Å². The molecule has 0 unspecified atom stereocenters. The average molecular weight is 401 g/mol. The van der Waals surface area contributed by atoms with Gasteiger partial charge in [-0.3, -0.25) is 14.4 Å². The Hall–Kier alpha value is -3.93. The highest BCUT2D eigenvalue weighted by Crippen LogP contribution is 2.28. The number of hydrogen-bond acceptors (Lipinski definition) is 3. The molecule has 3 amide bonds. The van der Waals surface area contributed by atoms with Crippen LogP contribution in [0.3, 0.4) is 0 Å². The Morgan fingerprint density at radius 2 is 1.20 bits per heavy atom. The fourth-order valence-electron chi connectivity index (χ4n) is 3.29. The molecule has 0 aliphatic carbocycles. The smallest absolute Gasteiger partial charge is 0.251 e. The van der Waals surface area contributed by atoms with Gasteiger partial charge in [-0.1, -0.05) is 78.9 Å². The third kappa shape index (κ3) is 5.32. The van der Waals surface area contributed by atoms with E-state index in [1.165, 1.54) is 0 Å². The topological polar surface area (TPSA) is 101 Å². The number of carbonyl (C=O) groups excluding carboxylic acids is 3. The Morgan fingerprint density at radius 3 is 1.67 bits per heavy atom. The molecule has 1 atom stereocenters. The molecule has 3 aromatic carbocycles. The van der Waals surface area contributed by atoms with E-state index in [9.17, 15) is 14.4 Å². The predicted octanol–water partition coefficient (Wildman–Crippen LogP) is 2.22. The Kier molecular flexibility index (Phi) is 6.95. The van der Waals surface area contributed by atoms with Crippen molar-refractivity contribution in [1.82, 2.24) is 10.6 Å². The minimum absolute atomic E-state index is 0.270. The molecular formula is C24H23N3O3. The zero-order valence-electron chi connectivity index (χ0n) is 16.3. The number of carbonyl (C=O) groups is 3. The van der Waals surface area contributed by atoms with Gasteiger partial charge in [-0.15, -0.1) is 0 Å². The molecule has 0 spiro atoms. The summed E-state index contributed by atoms with van der Waals surface area (Å²) in [5.74, 6) is -1.99. The number of rotatable bonds is 8. The highest BCUT2D eigenvalue weighted by Gasteiger charge is 2.30. The van der Waals surface area contributed by atoms with Gasteiger partial charge in [0, 0.05) is 11.5 Å². The summed E-state index contributed by atoms with van der Waals surface area (Å²) in [5.41, 5.74) is 7.81. The normalized spacial score (nSPS) is 11.5. The van der Waals surface area contributed by atoms with Gasteiger partial charge in [0.05, 0.1) is 6.54 Å². The van der Waals surface area contributed by atoms with Crippen molar-refractivity contribution in [2.45, 2.75) is 12.0 Å². The fraction of sp³-hybridized carbons (Fsp3) is 0.125. The third-order valence-electron chi connectivity index (χ3n) is 4.72. The molecule has 0 fully saturated rings. The lowest BCUT2D eigenvalue weighted by Crippen LogP contribution is -2.51. The minimum Gasteiger partial charge on any atom is -0.368 e. The molecule has 6 heteroatoms. The van der Waals surface area contributed by atoms with E-state index in [1.807, 2.05) is 60.7 Å². The van der Waals surface area contributed by atoms with Crippen LogP contribution in [0.2, 0.25) is 0 Å². The maximum Gasteiger partial charge on any atom is 0.251 e. The zero-order valence-corrected chi connectivity index (χ0v) is 16.3. The summed E-state index contributed by atoms with van der Waals surface area (Å²) in [7, 11) is 0. The average Bonchev–Trinajstić information content (AvgIpc) is 2.79. The lowest BCUT2D eigenvalue weighted by molar-refractivity contribution is -0.127. The fourth-order valence-corrected chi connectivity index (χ4v) is 3.29. The Bertz CT molecular complexity index is 952. The third-order valence-corrected chi connectivity index (χ3v) is 4.72. The molecular weight excluding hydrogens is 378 g/mol. The molecule has 3 rings (SSSR count). The molecule has 4 N–H and O–H groups in total. The van der Waals surface area contributed by atoms with Gasteiger partial charge in [0.1, 0.15) is 6.04 Å². The summed E-state index contributed by atoms with van der Waals surface area (Å²) < 4.78 is 0. The second kappa shape index (κ2) is 10.0. The Morgan fingerprint density at radius 1 is 0.733 bits per heavy atom. The van der Waals surface area contributed by atoms with Crippen LogP contribution in [0.25, 0.3) is 0 Å². The number of primary amides is 1. The molecule has 0 bridgehead atoms. The van der Waals surface area contributed by atoms with Crippen molar-refractivity contribution in [2.75, 3.05) is 6.54 Å². The maximum absolute atomic E-state index is 12.5. The Labute approximate surface area is 175 Å². The van der Waals surface area contributed by atoms with Crippen LogP contribution in [0, 0.1) is 0 Å². The van der Waals surface area contributed by atoms with Crippen LogP contribution < -0.4 is 16.4 Å². The van der Waals surface area contributed by atoms with Crippen LogP contribution in [-0.2, 0) is 9.59 Å². The van der Waals surface area contributed by atoms with Crippen molar-refractivity contribution < 1.29 is 14.4 Å². The molecule has 0 aliphatic heterocycles. The van der Waals surface area contributed by atoms with E-state index in [0.29, 0.717) is 5.56 Å². The van der Waals surface area contributed by atoms with Gasteiger partial charge >= 0.3 is 0 Å². The molecule has 30 heavy (non-hydrogen) atoms. The van der Waals surface area contributed by atoms with Gasteiger partial charge in [-0.25, -0.2) is 0 Å². The molecule has 0 aromatic heterocycles. The van der Waals surface area contributed by atoms with E-state index in [4.69, 9.17) is 5.73 Å². The number of nitrogens with two attached hydrogens (primary N) is 1. The first-order valence-corrected chi connectivity index (χ1v) is 9.58. The zero-order chi connectivity index (χ0) is 21.3. The van der Waals surface area contributed by atoms with E-state index >= 15 is 0 Å². The summed E-state index contributed by atoms with van der Waals surface area (Å²) >= 11 is 0. The van der Waals surface area contributed by atoms with Crippen molar-refractivity contribution >= 4 is 17.7 Å². The van der Waals surface area contributed by atoms with Crippen molar-refractivity contribution in [3.05, 3.63) is 108 Å². The van der Waals surface area contributed by atoms with Crippen LogP contribution in [0.15, 0.2) is 91.0 Å². The van der Waals surface area contributed by atoms with Gasteiger partial charge in [0.2, 0.25) is 11.8 Å². The maximum atomic E-state index is 12.5. The van der Waals surface area contributed by atoms with Crippen molar-refractivity contribution in [3.8, 4) is 0 Å². The van der Waals surface area contributed by atoms with E-state index in [0.717, 1.165) is 11.1 Å². The first-order chi connectivity index (χ1) is 14.6. The lowest BCUT2D eigenvalue weighted by atomic mass is 9.84. The van der Waals surface area contributed by atoms with Crippen LogP contribution in [0.4, 0.5) is 0 Å². The van der Waals surface area contributed by atoms with Gasteiger partial charge in [-0.05, 0) is 23.3 Å². The van der Waals surface area contributed by atoms with E-state index in [-0.39, 0.29) is 12.5 Å². The van der Waals surface area contributed by atoms with E-state index < -0.39 is 23.8 Å². The number of amides is 3. The highest BCUT2D eigenvalue weighted by molar-refractivity contribution is 5.97. The number of nitrogens with one attached hydrogen (secondary N) is 2. The van der Waals surface area contributed by atoms with E-state index in [2.05, 4.69) is 10.6 Å². The number of benzene rings is 3. The Balaban J connectivity index is 1.76. The van der Waals surface area contributed by atoms with Crippen LogP contribution in [0.5, 0.6) is 0 Å². The summed E-state index contributed by atoms with van der Waals surface area (Å²) in [6.07, 6.45) is 0. The number of hydrogen-bond donors (Lipinski definition) is 3. The predicted molar refractivity (Wildman–Crippen MR) is 115 cm³/mol. The molecule has 0 aliphatic rings. The summed E-state index contributed by atoms with van der Waals surface area (Å²) in [6.45, 7) is -0.270. The van der Waals surface area contributed by atoms with Crippen LogP contribution in [0.1, 0.15) is 27.4 Å². The van der Waals surface area contributed by atoms with Gasteiger partial charge in [-0.2, -0.15) is 0 Å². The second-order valence-electron chi connectivity index (χ2n) is 6.80. The minimum atomic E-state index is -0.976. The molecule has 6 nitrogen and oxygen atoms in total. The quantitative estimate of drug-likeness (QED) is 0.539. The van der Waals surface area contributed by atoms with E-state index in [1.54, 1.807) is 30.3 Å². The molecule has 0 radical (unpaired) electrons. The molecule has 152 valence electrons. The SMILES string of the molecule is NC(=O)[C@@H](NC(=O)CNC(=O)c1ccccc1)C(c1ccccc1)c1ccccc1. The molecule has 0 saturated heterocycles. The molecule has 0 saturated carbocycles. The van der Waals surface area contributed by atoms with Crippen molar-refractivity contribution in [2.24, 2.45) is 5.73 Å². The largest absolute Gasteiger partial charge is 0.368 e. The summed E-state index contributed by atoms with van der Waals surface area (Å²) in [6, 6.07) is 26.4. The second-order valence-corrected chi connectivity index (χ2v) is 6.80. The van der Waals surface area contributed by atoms with Crippen LogP contribution in [-0.4, -0.2) is 30.3 Å². The summed E-state index contributed by atoms with van der Waals surface area (Å²) in [4.78, 5) is 37.0. The van der Waals surface area contributed by atoms with Gasteiger partial charge in [0.25, 0.3) is 5.91 Å². The van der Waals surface area contributed by atoms with Gasteiger partial charge in [0.15, 0.2) is 0 Å². The first kappa shape index (κ1) is 20.8. The highest BCUT2D eigenvalue weighted by atomic mass is 16.2.